The monoisotopic (exact) mass is 283 g/mol. The van der Waals surface area contributed by atoms with E-state index in [1.54, 1.807) is 0 Å². The van der Waals surface area contributed by atoms with Gasteiger partial charge in [0.05, 0.1) is 0 Å². The number of ether oxygens (including phenoxy) is 1. The summed E-state index contributed by atoms with van der Waals surface area (Å²) in [5.41, 5.74) is 11.5. The zero-order valence-corrected chi connectivity index (χ0v) is 13.7. The molecule has 0 radical (unpaired) electrons. The van der Waals surface area contributed by atoms with Gasteiger partial charge in [-0.05, 0) is 53.6 Å². The van der Waals surface area contributed by atoms with E-state index in [1.165, 1.54) is 11.1 Å². The first kappa shape index (κ1) is 15.4. The number of hydrogen-bond donors (Lipinski definition) is 1. The van der Waals surface area contributed by atoms with Gasteiger partial charge in [-0.2, -0.15) is 0 Å². The van der Waals surface area contributed by atoms with Gasteiger partial charge in [0, 0.05) is 5.69 Å². The van der Waals surface area contributed by atoms with Gasteiger partial charge in [0.2, 0.25) is 0 Å². The topological polar surface area (TPSA) is 35.2 Å². The van der Waals surface area contributed by atoms with E-state index in [0.717, 1.165) is 22.6 Å². The van der Waals surface area contributed by atoms with Crippen LogP contribution >= 0.6 is 0 Å². The molecule has 0 aliphatic carbocycles. The largest absolute Gasteiger partial charge is 0.489 e. The lowest BCUT2D eigenvalue weighted by molar-refractivity contribution is 0.296. The van der Waals surface area contributed by atoms with Crippen molar-refractivity contribution in [2.24, 2.45) is 0 Å². The van der Waals surface area contributed by atoms with E-state index in [4.69, 9.17) is 10.5 Å². The molecule has 0 unspecified atom stereocenters. The number of nitrogen functional groups attached to an aromatic ring is 1. The van der Waals surface area contributed by atoms with E-state index >= 15 is 0 Å². The molecular weight excluding hydrogens is 258 g/mol. The normalized spacial score (nSPS) is 11.5. The third kappa shape index (κ3) is 3.57. The zero-order valence-electron chi connectivity index (χ0n) is 13.7. The molecule has 2 N–H and O–H groups in total. The Bertz CT molecular complexity index is 638. The summed E-state index contributed by atoms with van der Waals surface area (Å²) in [4.78, 5) is 0. The van der Waals surface area contributed by atoms with E-state index in [2.05, 4.69) is 52.0 Å². The molecule has 0 aliphatic heterocycles. The number of hydrogen-bond acceptors (Lipinski definition) is 2. The Morgan fingerprint density at radius 1 is 1.05 bits per heavy atom. The van der Waals surface area contributed by atoms with Gasteiger partial charge >= 0.3 is 0 Å². The molecule has 0 saturated carbocycles. The third-order valence-corrected chi connectivity index (χ3v) is 3.82. The van der Waals surface area contributed by atoms with Gasteiger partial charge in [-0.3, -0.25) is 0 Å². The predicted octanol–water partition coefficient (Wildman–Crippen LogP) is 4.76. The molecular formula is C19H25NO. The van der Waals surface area contributed by atoms with Crippen LogP contribution in [-0.2, 0) is 12.0 Å². The van der Waals surface area contributed by atoms with E-state index in [0.29, 0.717) is 6.61 Å². The minimum atomic E-state index is 0.0633. The maximum Gasteiger partial charge on any atom is 0.123 e. The van der Waals surface area contributed by atoms with Crippen LogP contribution in [0.3, 0.4) is 0 Å². The lowest BCUT2D eigenvalue weighted by Crippen LogP contribution is -2.14. The van der Waals surface area contributed by atoms with Crippen LogP contribution in [0.4, 0.5) is 5.69 Å². The van der Waals surface area contributed by atoms with Crippen LogP contribution in [0.5, 0.6) is 5.75 Å². The molecule has 0 bridgehead atoms. The lowest BCUT2D eigenvalue weighted by Gasteiger charge is -2.23. The Morgan fingerprint density at radius 2 is 1.76 bits per heavy atom. The van der Waals surface area contributed by atoms with Crippen molar-refractivity contribution in [1.29, 1.82) is 0 Å². The summed E-state index contributed by atoms with van der Waals surface area (Å²) in [6.07, 6.45) is 0. The standard InChI is InChI=1S/C19H25NO/c1-13-9-10-16(19(3,4)5)18(11-13)21-12-15-7-6-8-17(20)14(15)2/h6-11H,12,20H2,1-5H3. The van der Waals surface area contributed by atoms with E-state index < -0.39 is 0 Å². The van der Waals surface area contributed by atoms with Crippen molar-refractivity contribution in [1.82, 2.24) is 0 Å². The van der Waals surface area contributed by atoms with E-state index in [1.807, 2.05) is 19.1 Å². The predicted molar refractivity (Wildman–Crippen MR) is 89.8 cm³/mol. The Kier molecular flexibility index (Phi) is 4.26. The van der Waals surface area contributed by atoms with Crippen LogP contribution < -0.4 is 10.5 Å². The molecule has 0 saturated heterocycles. The molecule has 2 heteroatoms. The van der Waals surface area contributed by atoms with Crippen LogP contribution in [0.15, 0.2) is 36.4 Å². The van der Waals surface area contributed by atoms with Gasteiger partial charge in [-0.25, -0.2) is 0 Å². The maximum absolute atomic E-state index is 6.11. The molecule has 2 aromatic rings. The third-order valence-electron chi connectivity index (χ3n) is 3.82. The first-order valence-electron chi connectivity index (χ1n) is 7.37. The molecule has 2 aromatic carbocycles. The van der Waals surface area contributed by atoms with Crippen molar-refractivity contribution in [3.63, 3.8) is 0 Å². The van der Waals surface area contributed by atoms with Crippen molar-refractivity contribution in [3.05, 3.63) is 58.7 Å². The van der Waals surface area contributed by atoms with Gasteiger partial charge in [0.1, 0.15) is 12.4 Å². The maximum atomic E-state index is 6.11. The molecule has 2 rings (SSSR count). The summed E-state index contributed by atoms with van der Waals surface area (Å²) in [5.74, 6) is 0.962. The summed E-state index contributed by atoms with van der Waals surface area (Å²) < 4.78 is 6.11. The van der Waals surface area contributed by atoms with Crippen LogP contribution in [0, 0.1) is 13.8 Å². The summed E-state index contributed by atoms with van der Waals surface area (Å²) in [5, 5.41) is 0. The fourth-order valence-electron chi connectivity index (χ4n) is 2.38. The molecule has 0 fully saturated rings. The Labute approximate surface area is 127 Å². The molecule has 112 valence electrons. The van der Waals surface area contributed by atoms with Crippen molar-refractivity contribution >= 4 is 5.69 Å². The average Bonchev–Trinajstić information content (AvgIpc) is 2.39. The Hall–Kier alpha value is -1.96. The van der Waals surface area contributed by atoms with E-state index in [-0.39, 0.29) is 5.41 Å². The second-order valence-corrected chi connectivity index (χ2v) is 6.67. The summed E-state index contributed by atoms with van der Waals surface area (Å²) >= 11 is 0. The van der Waals surface area contributed by atoms with E-state index in [9.17, 15) is 0 Å². The Balaban J connectivity index is 2.28. The zero-order chi connectivity index (χ0) is 15.6. The second kappa shape index (κ2) is 5.80. The highest BCUT2D eigenvalue weighted by Crippen LogP contribution is 2.32. The van der Waals surface area contributed by atoms with Gasteiger partial charge in [-0.1, -0.05) is 45.0 Å². The van der Waals surface area contributed by atoms with Gasteiger partial charge in [0.15, 0.2) is 0 Å². The summed E-state index contributed by atoms with van der Waals surface area (Å²) in [7, 11) is 0. The van der Waals surface area contributed by atoms with Crippen molar-refractivity contribution in [2.45, 2.75) is 46.6 Å². The smallest absolute Gasteiger partial charge is 0.123 e. The highest BCUT2D eigenvalue weighted by atomic mass is 16.5. The van der Waals surface area contributed by atoms with Crippen LogP contribution in [0.25, 0.3) is 0 Å². The minimum Gasteiger partial charge on any atom is -0.489 e. The first-order chi connectivity index (χ1) is 9.79. The molecule has 0 aromatic heterocycles. The SMILES string of the molecule is Cc1ccc(C(C)(C)C)c(OCc2cccc(N)c2C)c1. The Morgan fingerprint density at radius 3 is 2.43 bits per heavy atom. The number of rotatable bonds is 3. The number of anilines is 1. The van der Waals surface area contributed by atoms with Crippen molar-refractivity contribution < 1.29 is 4.74 Å². The number of nitrogens with two attached hydrogens (primary N) is 1. The second-order valence-electron chi connectivity index (χ2n) is 6.67. The van der Waals surface area contributed by atoms with Crippen LogP contribution in [-0.4, -0.2) is 0 Å². The van der Waals surface area contributed by atoms with Crippen molar-refractivity contribution in [3.8, 4) is 5.75 Å². The fraction of sp³-hybridized carbons (Fsp3) is 0.368. The minimum absolute atomic E-state index is 0.0633. The van der Waals surface area contributed by atoms with Gasteiger partial charge < -0.3 is 10.5 Å². The molecule has 21 heavy (non-hydrogen) atoms. The lowest BCUT2D eigenvalue weighted by atomic mass is 9.86. The number of aryl methyl sites for hydroxylation is 1. The average molecular weight is 283 g/mol. The molecule has 0 atom stereocenters. The van der Waals surface area contributed by atoms with Gasteiger partial charge in [-0.15, -0.1) is 0 Å². The number of benzene rings is 2. The molecule has 0 heterocycles. The van der Waals surface area contributed by atoms with Gasteiger partial charge in [0.25, 0.3) is 0 Å². The molecule has 0 amide bonds. The first-order valence-corrected chi connectivity index (χ1v) is 7.37. The summed E-state index contributed by atoms with van der Waals surface area (Å²) in [6, 6.07) is 12.4. The molecule has 2 nitrogen and oxygen atoms in total. The highest BCUT2D eigenvalue weighted by Gasteiger charge is 2.19. The van der Waals surface area contributed by atoms with Crippen LogP contribution in [0.2, 0.25) is 0 Å². The molecule has 0 aliphatic rings. The molecule has 0 spiro atoms. The van der Waals surface area contributed by atoms with Crippen molar-refractivity contribution in [2.75, 3.05) is 5.73 Å². The quantitative estimate of drug-likeness (QED) is 0.824. The highest BCUT2D eigenvalue weighted by molar-refractivity contribution is 5.50. The fourth-order valence-corrected chi connectivity index (χ4v) is 2.38. The van der Waals surface area contributed by atoms with Crippen LogP contribution in [0.1, 0.15) is 43.0 Å². The summed E-state index contributed by atoms with van der Waals surface area (Å²) in [6.45, 7) is 11.3.